The molecule has 0 radical (unpaired) electrons. The lowest BCUT2D eigenvalue weighted by Gasteiger charge is -2.27. The maximum atomic E-state index is 13.5. The van der Waals surface area contributed by atoms with Gasteiger partial charge in [0, 0.05) is 20.2 Å². The SMILES string of the molecule is Cc1ccc(S(=O)(=O)C2(C(=O)OCc3cc(=O)n(C)c(=O)n3C)CCCC2)cc1C. The van der Waals surface area contributed by atoms with Crippen LogP contribution in [0, 0.1) is 13.8 Å². The molecule has 2 aromatic rings. The molecule has 1 saturated carbocycles. The topological polar surface area (TPSA) is 104 Å². The first-order chi connectivity index (χ1) is 14.0. The number of ether oxygens (including phenoxy) is 1. The van der Waals surface area contributed by atoms with Gasteiger partial charge >= 0.3 is 11.7 Å². The molecule has 0 bridgehead atoms. The van der Waals surface area contributed by atoms with Crippen molar-refractivity contribution >= 4 is 15.8 Å². The van der Waals surface area contributed by atoms with Crippen molar-refractivity contribution in [2.24, 2.45) is 14.1 Å². The van der Waals surface area contributed by atoms with E-state index in [-0.39, 0.29) is 30.0 Å². The second-order valence-corrected chi connectivity index (χ2v) is 10.2. The number of carbonyl (C=O) groups excluding carboxylic acids is 1. The number of hydrogen-bond acceptors (Lipinski definition) is 6. The molecule has 1 heterocycles. The van der Waals surface area contributed by atoms with Gasteiger partial charge in [0.15, 0.2) is 14.6 Å². The van der Waals surface area contributed by atoms with E-state index in [9.17, 15) is 22.8 Å². The first-order valence-corrected chi connectivity index (χ1v) is 11.2. The van der Waals surface area contributed by atoms with Crippen LogP contribution >= 0.6 is 0 Å². The minimum atomic E-state index is -3.99. The molecule has 30 heavy (non-hydrogen) atoms. The quantitative estimate of drug-likeness (QED) is 0.661. The summed E-state index contributed by atoms with van der Waals surface area (Å²) in [5, 5.41) is 0. The van der Waals surface area contributed by atoms with Crippen molar-refractivity contribution in [3.05, 3.63) is 61.9 Å². The second kappa shape index (κ2) is 7.86. The molecule has 1 aromatic heterocycles. The minimum Gasteiger partial charge on any atom is -0.458 e. The summed E-state index contributed by atoms with van der Waals surface area (Å²) in [6.45, 7) is 3.36. The number of aromatic nitrogens is 2. The Hall–Kier alpha value is -2.68. The number of benzene rings is 1. The fraction of sp³-hybridized carbons (Fsp3) is 0.476. The van der Waals surface area contributed by atoms with Crippen LogP contribution in [-0.4, -0.2) is 28.3 Å². The summed E-state index contributed by atoms with van der Waals surface area (Å²) in [6.07, 6.45) is 1.56. The van der Waals surface area contributed by atoms with E-state index in [4.69, 9.17) is 4.74 Å². The van der Waals surface area contributed by atoms with Crippen molar-refractivity contribution in [1.82, 2.24) is 9.13 Å². The molecule has 0 unspecified atom stereocenters. The maximum absolute atomic E-state index is 13.5. The van der Waals surface area contributed by atoms with Crippen molar-refractivity contribution in [3.8, 4) is 0 Å². The van der Waals surface area contributed by atoms with E-state index in [1.54, 1.807) is 12.1 Å². The van der Waals surface area contributed by atoms with Crippen LogP contribution in [0.15, 0.2) is 38.8 Å². The standard InChI is InChI=1S/C21H26N2O6S/c1-14-7-8-17(11-15(14)2)30(27,28)21(9-5-6-10-21)19(25)29-13-16-12-18(24)23(4)20(26)22(16)3/h7-8,11-12H,5-6,9-10,13H2,1-4H3. The van der Waals surface area contributed by atoms with Gasteiger partial charge in [0.1, 0.15) is 6.61 Å². The highest BCUT2D eigenvalue weighted by Gasteiger charge is 2.54. The molecule has 1 fully saturated rings. The van der Waals surface area contributed by atoms with Crippen molar-refractivity contribution in [2.45, 2.75) is 55.8 Å². The summed E-state index contributed by atoms with van der Waals surface area (Å²) < 4.78 is 32.8. The zero-order valence-corrected chi connectivity index (χ0v) is 18.4. The number of nitrogens with zero attached hydrogens (tertiary/aromatic N) is 2. The van der Waals surface area contributed by atoms with E-state index < -0.39 is 31.8 Å². The molecular formula is C21H26N2O6S. The Bertz CT molecular complexity index is 1220. The fourth-order valence-electron chi connectivity index (χ4n) is 3.82. The normalized spacial score (nSPS) is 15.9. The summed E-state index contributed by atoms with van der Waals surface area (Å²) in [5.41, 5.74) is 0.916. The van der Waals surface area contributed by atoms with Crippen LogP contribution in [0.4, 0.5) is 0 Å². The van der Waals surface area contributed by atoms with Gasteiger partial charge in [0.25, 0.3) is 5.56 Å². The van der Waals surface area contributed by atoms with Gasteiger partial charge in [-0.1, -0.05) is 18.9 Å². The average Bonchev–Trinajstić information content (AvgIpc) is 3.21. The first kappa shape index (κ1) is 22.0. The number of carbonyl (C=O) groups is 1. The zero-order chi connectivity index (χ0) is 22.3. The van der Waals surface area contributed by atoms with Gasteiger partial charge in [-0.25, -0.2) is 13.2 Å². The molecule has 1 aliphatic carbocycles. The van der Waals surface area contributed by atoms with Gasteiger partial charge in [-0.3, -0.25) is 18.7 Å². The maximum Gasteiger partial charge on any atom is 0.330 e. The molecule has 1 aromatic carbocycles. The average molecular weight is 435 g/mol. The van der Waals surface area contributed by atoms with E-state index in [0.29, 0.717) is 12.8 Å². The van der Waals surface area contributed by atoms with Crippen LogP contribution < -0.4 is 11.2 Å². The lowest BCUT2D eigenvalue weighted by atomic mass is 10.1. The minimum absolute atomic E-state index is 0.102. The van der Waals surface area contributed by atoms with Crippen LogP contribution in [-0.2, 0) is 40.1 Å². The summed E-state index contributed by atoms with van der Waals surface area (Å²) >= 11 is 0. The Morgan fingerprint density at radius 3 is 2.27 bits per heavy atom. The monoisotopic (exact) mass is 434 g/mol. The fourth-order valence-corrected chi connectivity index (χ4v) is 5.96. The molecule has 0 saturated heterocycles. The summed E-state index contributed by atoms with van der Waals surface area (Å²) in [4.78, 5) is 37.2. The van der Waals surface area contributed by atoms with Crippen LogP contribution in [0.25, 0.3) is 0 Å². The Kier molecular flexibility index (Phi) is 5.77. The van der Waals surface area contributed by atoms with E-state index in [2.05, 4.69) is 0 Å². The van der Waals surface area contributed by atoms with Gasteiger partial charge in [-0.2, -0.15) is 0 Å². The molecule has 8 nitrogen and oxygen atoms in total. The van der Waals surface area contributed by atoms with Crippen LogP contribution in [0.1, 0.15) is 42.5 Å². The van der Waals surface area contributed by atoms with E-state index in [1.807, 2.05) is 13.8 Å². The molecule has 9 heteroatoms. The summed E-state index contributed by atoms with van der Waals surface area (Å²) in [5.74, 6) is -0.841. The lowest BCUT2D eigenvalue weighted by molar-refractivity contribution is -0.148. The van der Waals surface area contributed by atoms with Gasteiger partial charge in [-0.05, 0) is 49.9 Å². The molecule has 0 amide bonds. The molecule has 0 spiro atoms. The summed E-state index contributed by atoms with van der Waals surface area (Å²) in [7, 11) is -1.17. The van der Waals surface area contributed by atoms with Crippen molar-refractivity contribution in [2.75, 3.05) is 0 Å². The molecule has 0 atom stereocenters. The lowest BCUT2D eigenvalue weighted by Crippen LogP contribution is -2.45. The first-order valence-electron chi connectivity index (χ1n) is 9.76. The third-order valence-corrected chi connectivity index (χ3v) is 8.54. The van der Waals surface area contributed by atoms with Crippen LogP contribution in [0.3, 0.4) is 0 Å². The molecular weight excluding hydrogens is 408 g/mol. The van der Waals surface area contributed by atoms with Crippen LogP contribution in [0.5, 0.6) is 0 Å². The highest BCUT2D eigenvalue weighted by Crippen LogP contribution is 2.42. The molecule has 1 aliphatic rings. The highest BCUT2D eigenvalue weighted by molar-refractivity contribution is 7.93. The molecule has 0 N–H and O–H groups in total. The number of hydrogen-bond donors (Lipinski definition) is 0. The van der Waals surface area contributed by atoms with Gasteiger partial charge < -0.3 is 4.74 Å². The third-order valence-electron chi connectivity index (χ3n) is 6.06. The Balaban J connectivity index is 1.95. The highest BCUT2D eigenvalue weighted by atomic mass is 32.2. The predicted molar refractivity (Wildman–Crippen MR) is 111 cm³/mol. The number of esters is 1. The van der Waals surface area contributed by atoms with E-state index in [1.165, 1.54) is 30.8 Å². The van der Waals surface area contributed by atoms with Crippen molar-refractivity contribution in [1.29, 1.82) is 0 Å². The Morgan fingerprint density at radius 2 is 1.67 bits per heavy atom. The van der Waals surface area contributed by atoms with Gasteiger partial charge in [0.2, 0.25) is 0 Å². The Labute approximate surface area is 175 Å². The number of sulfone groups is 1. The molecule has 0 aliphatic heterocycles. The molecule has 3 rings (SSSR count). The zero-order valence-electron chi connectivity index (χ0n) is 17.6. The van der Waals surface area contributed by atoms with Crippen LogP contribution in [0.2, 0.25) is 0 Å². The third kappa shape index (κ3) is 3.51. The van der Waals surface area contributed by atoms with Crippen molar-refractivity contribution in [3.63, 3.8) is 0 Å². The Morgan fingerprint density at radius 1 is 1.03 bits per heavy atom. The largest absolute Gasteiger partial charge is 0.458 e. The van der Waals surface area contributed by atoms with E-state index in [0.717, 1.165) is 15.7 Å². The second-order valence-electron chi connectivity index (χ2n) is 7.90. The van der Waals surface area contributed by atoms with E-state index >= 15 is 0 Å². The number of aryl methyl sites for hydroxylation is 2. The van der Waals surface area contributed by atoms with Gasteiger partial charge in [0.05, 0.1) is 10.6 Å². The summed E-state index contributed by atoms with van der Waals surface area (Å²) in [6, 6.07) is 6.04. The van der Waals surface area contributed by atoms with Gasteiger partial charge in [-0.15, -0.1) is 0 Å². The predicted octanol–water partition coefficient (Wildman–Crippen LogP) is 1.53. The number of rotatable bonds is 5. The molecule has 162 valence electrons. The smallest absolute Gasteiger partial charge is 0.330 e. The van der Waals surface area contributed by atoms with Crippen molar-refractivity contribution < 1.29 is 17.9 Å².